The molecule has 1 aliphatic rings. The largest absolute Gasteiger partial charge is 0.394 e. The zero-order valence-electron chi connectivity index (χ0n) is 13.9. The molecule has 2 rings (SSSR count). The Balaban J connectivity index is 1.96. The molecule has 4 atom stereocenters. The summed E-state index contributed by atoms with van der Waals surface area (Å²) < 4.78 is 0. The fourth-order valence-electron chi connectivity index (χ4n) is 2.04. The SMILES string of the molecule is O=C1NC(NN=CC(O)C(O)C(O)C(O)CO)=NC1=Cc1ccc(Cl)cc1. The van der Waals surface area contributed by atoms with Gasteiger partial charge in [-0.3, -0.25) is 10.1 Å². The van der Waals surface area contributed by atoms with Gasteiger partial charge in [0.2, 0.25) is 5.96 Å². The van der Waals surface area contributed by atoms with E-state index in [0.717, 1.165) is 6.21 Å². The number of carbonyl (C=O) groups is 1. The number of halogens is 1. The van der Waals surface area contributed by atoms with E-state index in [4.69, 9.17) is 16.7 Å². The number of benzene rings is 1. The second-order valence-corrected chi connectivity index (χ2v) is 6.04. The van der Waals surface area contributed by atoms with E-state index in [1.54, 1.807) is 24.3 Å². The summed E-state index contributed by atoms with van der Waals surface area (Å²) >= 11 is 5.80. The average molecular weight is 399 g/mol. The van der Waals surface area contributed by atoms with Crippen LogP contribution in [0, 0.1) is 0 Å². The van der Waals surface area contributed by atoms with Gasteiger partial charge in [-0.1, -0.05) is 23.7 Å². The van der Waals surface area contributed by atoms with Gasteiger partial charge in [0.05, 0.1) is 12.8 Å². The topological polar surface area (TPSA) is 167 Å². The van der Waals surface area contributed by atoms with E-state index in [1.807, 2.05) is 0 Å². The van der Waals surface area contributed by atoms with Crippen LogP contribution < -0.4 is 10.7 Å². The zero-order valence-corrected chi connectivity index (χ0v) is 14.7. The molecule has 0 fully saturated rings. The van der Waals surface area contributed by atoms with Crippen LogP contribution >= 0.6 is 11.6 Å². The van der Waals surface area contributed by atoms with Crippen molar-refractivity contribution in [2.75, 3.05) is 6.61 Å². The smallest absolute Gasteiger partial charge is 0.276 e. The molecule has 1 amide bonds. The van der Waals surface area contributed by atoms with E-state index in [2.05, 4.69) is 20.8 Å². The maximum Gasteiger partial charge on any atom is 0.276 e. The number of aliphatic hydroxyl groups is 5. The highest BCUT2D eigenvalue weighted by atomic mass is 35.5. The molecule has 4 unspecified atom stereocenters. The van der Waals surface area contributed by atoms with Crippen molar-refractivity contribution in [1.29, 1.82) is 0 Å². The Morgan fingerprint density at radius 2 is 1.85 bits per heavy atom. The quantitative estimate of drug-likeness (QED) is 0.161. The van der Waals surface area contributed by atoms with Gasteiger partial charge in [0.15, 0.2) is 0 Å². The first-order chi connectivity index (χ1) is 12.8. The minimum absolute atomic E-state index is 0.00547. The van der Waals surface area contributed by atoms with Crippen LogP contribution in [0.3, 0.4) is 0 Å². The number of aliphatic imine (C=N–C) groups is 1. The van der Waals surface area contributed by atoms with Gasteiger partial charge in [-0.05, 0) is 23.8 Å². The molecule has 27 heavy (non-hydrogen) atoms. The van der Waals surface area contributed by atoms with Crippen molar-refractivity contribution in [2.45, 2.75) is 24.4 Å². The Morgan fingerprint density at radius 3 is 2.48 bits per heavy atom. The molecule has 0 radical (unpaired) electrons. The van der Waals surface area contributed by atoms with Crippen LogP contribution in [0.4, 0.5) is 0 Å². The summed E-state index contributed by atoms with van der Waals surface area (Å²) in [6.45, 7) is -0.786. The first-order valence-electron chi connectivity index (χ1n) is 7.81. The fraction of sp³-hybridized carbons (Fsp3) is 0.312. The Morgan fingerprint density at radius 1 is 1.19 bits per heavy atom. The predicted molar refractivity (Wildman–Crippen MR) is 97.7 cm³/mol. The van der Waals surface area contributed by atoms with Crippen LogP contribution in [-0.2, 0) is 4.79 Å². The second-order valence-electron chi connectivity index (χ2n) is 5.61. The van der Waals surface area contributed by atoms with Gasteiger partial charge in [-0.2, -0.15) is 5.10 Å². The highest BCUT2D eigenvalue weighted by Crippen LogP contribution is 2.14. The molecule has 1 aromatic carbocycles. The number of aliphatic hydroxyl groups excluding tert-OH is 5. The van der Waals surface area contributed by atoms with Crippen molar-refractivity contribution >= 4 is 35.8 Å². The standard InChI is InChI=1S/C16H19ClN4O6/c17-9-3-1-8(2-4-9)5-10-15(27)20-16(19-10)21-18-6-11(23)13(25)14(26)12(24)7-22/h1-6,11-14,22-26H,7H2,(H2,19,20,21,27). The third-order valence-electron chi connectivity index (χ3n) is 3.55. The zero-order chi connectivity index (χ0) is 20.0. The summed E-state index contributed by atoms with van der Waals surface area (Å²) in [5.41, 5.74) is 3.20. The normalized spacial score (nSPS) is 20.3. The Labute approximate surface area is 159 Å². The van der Waals surface area contributed by atoms with Crippen molar-refractivity contribution in [2.24, 2.45) is 10.1 Å². The molecule has 10 nitrogen and oxygen atoms in total. The van der Waals surface area contributed by atoms with Crippen molar-refractivity contribution in [1.82, 2.24) is 10.7 Å². The average Bonchev–Trinajstić information content (AvgIpc) is 3.00. The molecule has 0 bridgehead atoms. The van der Waals surface area contributed by atoms with Gasteiger partial charge in [0.25, 0.3) is 5.91 Å². The third kappa shape index (κ3) is 5.82. The van der Waals surface area contributed by atoms with Crippen LogP contribution in [0.5, 0.6) is 0 Å². The summed E-state index contributed by atoms with van der Waals surface area (Å²) in [6.07, 6.45) is -4.43. The van der Waals surface area contributed by atoms with E-state index >= 15 is 0 Å². The number of guanidine groups is 1. The van der Waals surface area contributed by atoms with Crippen LogP contribution in [-0.4, -0.2) is 74.6 Å². The molecule has 0 saturated heterocycles. The number of nitrogens with zero attached hydrogens (tertiary/aromatic N) is 2. The summed E-state index contributed by atoms with van der Waals surface area (Å²) in [4.78, 5) is 15.9. The lowest BCUT2D eigenvalue weighted by atomic mass is 10.0. The number of nitrogens with one attached hydrogen (secondary N) is 2. The lowest BCUT2D eigenvalue weighted by Crippen LogP contribution is -2.46. The Bertz CT molecular complexity index is 752. The lowest BCUT2D eigenvalue weighted by molar-refractivity contribution is -0.115. The maximum absolute atomic E-state index is 11.9. The first kappa shape index (κ1) is 21.0. The number of rotatable bonds is 7. The molecule has 7 N–H and O–H groups in total. The molecular weight excluding hydrogens is 380 g/mol. The van der Waals surface area contributed by atoms with Gasteiger partial charge in [0.1, 0.15) is 30.1 Å². The van der Waals surface area contributed by atoms with Crippen LogP contribution in [0.2, 0.25) is 5.02 Å². The van der Waals surface area contributed by atoms with Crippen molar-refractivity contribution in [3.63, 3.8) is 0 Å². The summed E-state index contributed by atoms with van der Waals surface area (Å²) in [6, 6.07) is 6.77. The summed E-state index contributed by atoms with van der Waals surface area (Å²) in [5, 5.41) is 53.3. The van der Waals surface area contributed by atoms with Gasteiger partial charge in [0, 0.05) is 5.02 Å². The van der Waals surface area contributed by atoms with E-state index in [9.17, 15) is 25.2 Å². The van der Waals surface area contributed by atoms with E-state index in [0.29, 0.717) is 10.6 Å². The van der Waals surface area contributed by atoms with Crippen molar-refractivity contribution in [3.8, 4) is 0 Å². The molecule has 1 aliphatic heterocycles. The number of hydrazone groups is 1. The molecule has 11 heteroatoms. The number of amides is 1. The van der Waals surface area contributed by atoms with E-state index < -0.39 is 36.9 Å². The molecule has 0 spiro atoms. The molecular formula is C16H19ClN4O6. The fourth-order valence-corrected chi connectivity index (χ4v) is 2.16. The summed E-state index contributed by atoms with van der Waals surface area (Å²) in [7, 11) is 0. The Hall–Kier alpha value is -2.34. The van der Waals surface area contributed by atoms with E-state index in [1.165, 1.54) is 6.08 Å². The lowest BCUT2D eigenvalue weighted by Gasteiger charge is -2.23. The second kappa shape index (κ2) is 9.55. The van der Waals surface area contributed by atoms with Gasteiger partial charge >= 0.3 is 0 Å². The molecule has 0 aromatic heterocycles. The monoisotopic (exact) mass is 398 g/mol. The van der Waals surface area contributed by atoms with Crippen LogP contribution in [0.25, 0.3) is 6.08 Å². The molecule has 1 aromatic rings. The minimum Gasteiger partial charge on any atom is -0.394 e. The highest BCUT2D eigenvalue weighted by Gasteiger charge is 2.29. The number of hydrogen-bond acceptors (Lipinski definition) is 9. The van der Waals surface area contributed by atoms with Crippen LogP contribution in [0.15, 0.2) is 40.1 Å². The van der Waals surface area contributed by atoms with Crippen LogP contribution in [0.1, 0.15) is 5.56 Å². The molecule has 0 saturated carbocycles. The minimum atomic E-state index is -1.78. The Kier molecular flexibility index (Phi) is 7.42. The highest BCUT2D eigenvalue weighted by molar-refractivity contribution is 6.30. The molecule has 0 aliphatic carbocycles. The predicted octanol–water partition coefficient (Wildman–Crippen LogP) is -1.82. The number of carbonyl (C=O) groups excluding carboxylic acids is 1. The summed E-state index contributed by atoms with van der Waals surface area (Å²) in [5.74, 6) is -0.473. The van der Waals surface area contributed by atoms with E-state index in [-0.39, 0.29) is 11.7 Å². The van der Waals surface area contributed by atoms with Gasteiger partial charge in [-0.15, -0.1) is 0 Å². The molecule has 1 heterocycles. The third-order valence-corrected chi connectivity index (χ3v) is 3.80. The number of hydrogen-bond donors (Lipinski definition) is 7. The van der Waals surface area contributed by atoms with Crippen molar-refractivity contribution < 1.29 is 30.3 Å². The maximum atomic E-state index is 11.9. The van der Waals surface area contributed by atoms with Gasteiger partial charge in [-0.25, -0.2) is 10.4 Å². The first-order valence-corrected chi connectivity index (χ1v) is 8.19. The van der Waals surface area contributed by atoms with Gasteiger partial charge < -0.3 is 25.5 Å². The van der Waals surface area contributed by atoms with Crippen molar-refractivity contribution in [3.05, 3.63) is 40.5 Å². The molecule has 146 valence electrons.